The predicted octanol–water partition coefficient (Wildman–Crippen LogP) is 1.91. The van der Waals surface area contributed by atoms with E-state index in [0.29, 0.717) is 28.8 Å². The summed E-state index contributed by atoms with van der Waals surface area (Å²) in [6, 6.07) is 14.1. The molecule has 4 aromatic rings. The number of hydrogen-bond donors (Lipinski definition) is 2. The minimum absolute atomic E-state index is 0.175. The van der Waals surface area contributed by atoms with Crippen LogP contribution in [0.5, 0.6) is 0 Å². The molecule has 1 amide bonds. The third kappa shape index (κ3) is 2.30. The van der Waals surface area contributed by atoms with Gasteiger partial charge in [0.25, 0.3) is 5.56 Å². The Morgan fingerprint density at radius 3 is 2.71 bits per heavy atom. The molecule has 0 saturated carbocycles. The molecule has 2 aromatic heterocycles. The van der Waals surface area contributed by atoms with E-state index in [4.69, 9.17) is 9.72 Å². The summed E-state index contributed by atoms with van der Waals surface area (Å²) in [5.74, 6) is -0.415. The molecule has 2 aromatic carbocycles. The first-order valence-corrected chi connectivity index (χ1v) is 10.1. The second-order valence-electron chi connectivity index (χ2n) is 8.05. The molecule has 3 aliphatic rings. The number of H-pyrrole nitrogens is 1. The van der Waals surface area contributed by atoms with Gasteiger partial charge in [-0.1, -0.05) is 30.3 Å². The smallest absolute Gasteiger partial charge is 0.302 e. The number of amides is 1. The number of esters is 1. The van der Waals surface area contributed by atoms with E-state index in [0.717, 1.165) is 16.5 Å². The Morgan fingerprint density at radius 1 is 1.16 bits per heavy atom. The van der Waals surface area contributed by atoms with Gasteiger partial charge < -0.3 is 15.0 Å². The number of benzene rings is 2. The van der Waals surface area contributed by atoms with Crippen molar-refractivity contribution in [2.24, 2.45) is 0 Å². The fourth-order valence-electron chi connectivity index (χ4n) is 4.91. The van der Waals surface area contributed by atoms with Gasteiger partial charge in [0.15, 0.2) is 5.54 Å². The molecule has 2 atom stereocenters. The van der Waals surface area contributed by atoms with E-state index in [9.17, 15) is 14.4 Å². The topological polar surface area (TPSA) is 106 Å². The predicted molar refractivity (Wildman–Crippen MR) is 113 cm³/mol. The summed E-state index contributed by atoms with van der Waals surface area (Å²) < 4.78 is 6.92. The maximum atomic E-state index is 13.5. The van der Waals surface area contributed by atoms with Crippen molar-refractivity contribution in [3.63, 3.8) is 0 Å². The van der Waals surface area contributed by atoms with Crippen LogP contribution in [0.2, 0.25) is 0 Å². The molecule has 0 spiro atoms. The van der Waals surface area contributed by atoms with Gasteiger partial charge in [0.1, 0.15) is 18.5 Å². The lowest BCUT2D eigenvalue weighted by molar-refractivity contribution is -0.145. The summed E-state index contributed by atoms with van der Waals surface area (Å²) in [5.41, 5.74) is 1.47. The van der Waals surface area contributed by atoms with Crippen LogP contribution < -0.4 is 10.9 Å². The Hall–Kier alpha value is -3.94. The highest BCUT2D eigenvalue weighted by Crippen LogP contribution is 2.43. The molecule has 31 heavy (non-hydrogen) atoms. The van der Waals surface area contributed by atoms with Crippen molar-refractivity contribution >= 4 is 33.7 Å². The van der Waals surface area contributed by atoms with Crippen molar-refractivity contribution < 1.29 is 14.3 Å². The Balaban J connectivity index is 1.76. The average Bonchev–Trinajstić information content (AvgIpc) is 3.03. The number of nitrogens with one attached hydrogen (secondary N) is 2. The molecular weight excluding hydrogens is 396 g/mol. The van der Waals surface area contributed by atoms with Crippen LogP contribution in [0.1, 0.15) is 30.0 Å². The third-order valence-corrected chi connectivity index (χ3v) is 6.27. The number of nitrogens with zero attached hydrogens (tertiary/aromatic N) is 2. The second kappa shape index (κ2) is 6.04. The van der Waals surface area contributed by atoms with Gasteiger partial charge in [0.2, 0.25) is 5.91 Å². The molecular formula is C23H18N4O4. The number of aromatic nitrogens is 3. The lowest BCUT2D eigenvalue weighted by Crippen LogP contribution is -2.59. The highest BCUT2D eigenvalue weighted by atomic mass is 16.5. The zero-order valence-corrected chi connectivity index (χ0v) is 16.6. The summed E-state index contributed by atoms with van der Waals surface area (Å²) in [6.07, 6.45) is 0.333. The van der Waals surface area contributed by atoms with Crippen LogP contribution in [0.15, 0.2) is 53.3 Å². The summed E-state index contributed by atoms with van der Waals surface area (Å²) in [6.45, 7) is 1.14. The van der Waals surface area contributed by atoms with E-state index in [1.54, 1.807) is 18.2 Å². The molecule has 0 unspecified atom stereocenters. The Labute approximate surface area is 175 Å². The van der Waals surface area contributed by atoms with Gasteiger partial charge in [0.05, 0.1) is 16.6 Å². The highest BCUT2D eigenvalue weighted by Gasteiger charge is 2.53. The van der Waals surface area contributed by atoms with Crippen LogP contribution in [0, 0.1) is 0 Å². The molecule has 0 fully saturated rings. The fraction of sp³-hybridized carbons (Fsp3) is 0.217. The monoisotopic (exact) mass is 414 g/mol. The van der Waals surface area contributed by atoms with Crippen molar-refractivity contribution in [1.82, 2.24) is 19.9 Å². The van der Waals surface area contributed by atoms with Crippen LogP contribution in [0.4, 0.5) is 0 Å². The minimum Gasteiger partial charge on any atom is -0.462 e. The van der Waals surface area contributed by atoms with Crippen molar-refractivity contribution in [1.29, 1.82) is 0 Å². The molecule has 0 radical (unpaired) electrons. The fourth-order valence-corrected chi connectivity index (χ4v) is 4.91. The maximum absolute atomic E-state index is 13.5. The third-order valence-electron chi connectivity index (χ3n) is 6.27. The zero-order chi connectivity index (χ0) is 21.3. The van der Waals surface area contributed by atoms with Gasteiger partial charge in [0, 0.05) is 24.2 Å². The van der Waals surface area contributed by atoms with Crippen LogP contribution in [0.25, 0.3) is 21.8 Å². The second-order valence-corrected chi connectivity index (χ2v) is 8.05. The van der Waals surface area contributed by atoms with Crippen LogP contribution in [0.3, 0.4) is 0 Å². The number of aromatic amines is 1. The SMILES string of the molecule is CC(=O)OC[C@]12NC(=O)[C@H](Cc3c1[nH]c1ccccc31)n1c2nc2ccccc2c1=O. The lowest BCUT2D eigenvalue weighted by atomic mass is 9.91. The van der Waals surface area contributed by atoms with Gasteiger partial charge in [-0.3, -0.25) is 19.0 Å². The Kier molecular flexibility index (Phi) is 3.48. The van der Waals surface area contributed by atoms with Gasteiger partial charge >= 0.3 is 5.97 Å². The molecule has 2 N–H and O–H groups in total. The summed E-state index contributed by atoms with van der Waals surface area (Å²) >= 11 is 0. The van der Waals surface area contributed by atoms with Crippen molar-refractivity contribution in [2.75, 3.05) is 6.61 Å². The number of ether oxygens (including phenoxy) is 1. The van der Waals surface area contributed by atoms with Crippen LogP contribution in [-0.2, 0) is 26.3 Å². The van der Waals surface area contributed by atoms with Crippen LogP contribution >= 0.6 is 0 Å². The molecule has 8 nitrogen and oxygen atoms in total. The van der Waals surface area contributed by atoms with Gasteiger partial charge in [-0.15, -0.1) is 0 Å². The van der Waals surface area contributed by atoms with Crippen molar-refractivity contribution in [2.45, 2.75) is 24.9 Å². The maximum Gasteiger partial charge on any atom is 0.302 e. The number of hydrogen-bond acceptors (Lipinski definition) is 5. The number of para-hydroxylation sites is 2. The number of carbonyl (C=O) groups is 2. The van der Waals surface area contributed by atoms with E-state index in [2.05, 4.69) is 10.3 Å². The van der Waals surface area contributed by atoms with Gasteiger partial charge in [-0.05, 0) is 23.8 Å². The Bertz CT molecular complexity index is 1480. The molecule has 0 saturated heterocycles. The largest absolute Gasteiger partial charge is 0.462 e. The number of fused-ring (bicyclic) bond motifs is 3. The van der Waals surface area contributed by atoms with E-state index in [-0.39, 0.29) is 18.1 Å². The first kappa shape index (κ1) is 17.9. The normalized spacial score (nSPS) is 21.5. The van der Waals surface area contributed by atoms with E-state index >= 15 is 0 Å². The molecule has 7 rings (SSSR count). The zero-order valence-electron chi connectivity index (χ0n) is 16.6. The van der Waals surface area contributed by atoms with E-state index < -0.39 is 17.6 Å². The summed E-state index contributed by atoms with van der Waals surface area (Å²) in [5, 5.41) is 4.46. The molecule has 3 aliphatic heterocycles. The van der Waals surface area contributed by atoms with E-state index in [1.807, 2.05) is 30.3 Å². The summed E-state index contributed by atoms with van der Waals surface area (Å²) in [7, 11) is 0. The van der Waals surface area contributed by atoms with Gasteiger partial charge in [-0.2, -0.15) is 0 Å². The van der Waals surface area contributed by atoms with E-state index in [1.165, 1.54) is 11.5 Å². The summed E-state index contributed by atoms with van der Waals surface area (Å²) in [4.78, 5) is 46.7. The molecule has 5 heterocycles. The standard InChI is InChI=1S/C23H18N4O4/c1-12(28)31-11-23-19-15(13-6-2-4-8-16(13)24-19)10-18(20(29)26-23)27-21(30)14-7-3-5-9-17(14)25-22(23)27/h2-9,18,24H,10-11H2,1H3,(H,26,29)/t18-,23-/m0/s1. The lowest BCUT2D eigenvalue weighted by Gasteiger charge is -2.38. The average molecular weight is 414 g/mol. The van der Waals surface area contributed by atoms with Crippen molar-refractivity contribution in [3.8, 4) is 0 Å². The highest BCUT2D eigenvalue weighted by molar-refractivity contribution is 5.91. The Morgan fingerprint density at radius 2 is 1.90 bits per heavy atom. The molecule has 0 aliphatic carbocycles. The van der Waals surface area contributed by atoms with Crippen LogP contribution in [-0.4, -0.2) is 33.0 Å². The number of rotatable bonds is 2. The number of carbonyl (C=O) groups excluding carboxylic acids is 2. The van der Waals surface area contributed by atoms with Crippen molar-refractivity contribution in [3.05, 3.63) is 76.0 Å². The molecule has 2 bridgehead atoms. The minimum atomic E-state index is -1.30. The molecule has 154 valence electrons. The first-order chi connectivity index (χ1) is 15.0. The quantitative estimate of drug-likeness (QED) is 0.488. The molecule has 8 heteroatoms. The first-order valence-electron chi connectivity index (χ1n) is 10.1. The van der Waals surface area contributed by atoms with Gasteiger partial charge in [-0.25, -0.2) is 4.98 Å².